The van der Waals surface area contributed by atoms with E-state index in [1.807, 2.05) is 26.8 Å². The lowest BCUT2D eigenvalue weighted by molar-refractivity contribution is 0.184. The lowest BCUT2D eigenvalue weighted by Gasteiger charge is -2.36. The van der Waals surface area contributed by atoms with Gasteiger partial charge in [-0.3, -0.25) is 15.7 Å². The summed E-state index contributed by atoms with van der Waals surface area (Å²) in [5.41, 5.74) is 5.17. The molecular formula is C21H31ClF2N6O. The van der Waals surface area contributed by atoms with Gasteiger partial charge in [0.25, 0.3) is 6.43 Å². The predicted octanol–water partition coefficient (Wildman–Crippen LogP) is 3.53. The number of aliphatic hydroxyl groups is 1. The highest BCUT2D eigenvalue weighted by atomic mass is 35.5. The molecule has 31 heavy (non-hydrogen) atoms. The Hall–Kier alpha value is -2.10. The zero-order valence-electron chi connectivity index (χ0n) is 18.3. The summed E-state index contributed by atoms with van der Waals surface area (Å²) in [4.78, 5) is 12.4. The Labute approximate surface area is 187 Å². The molecule has 10 heteroatoms. The molecule has 3 heterocycles. The van der Waals surface area contributed by atoms with Crippen molar-refractivity contribution in [2.45, 2.75) is 53.3 Å². The Morgan fingerprint density at radius 1 is 1.35 bits per heavy atom. The average Bonchev–Trinajstić information content (AvgIpc) is 3.24. The summed E-state index contributed by atoms with van der Waals surface area (Å²) >= 11 is 6.38. The molecule has 2 aliphatic rings. The van der Waals surface area contributed by atoms with Crippen molar-refractivity contribution in [3.8, 4) is 0 Å². The maximum atomic E-state index is 13.5. The maximum absolute atomic E-state index is 13.5. The van der Waals surface area contributed by atoms with Gasteiger partial charge in [-0.25, -0.2) is 23.8 Å². The van der Waals surface area contributed by atoms with Gasteiger partial charge in [-0.05, 0) is 49.9 Å². The van der Waals surface area contributed by atoms with Gasteiger partial charge in [0.15, 0.2) is 0 Å². The zero-order chi connectivity index (χ0) is 23.0. The van der Waals surface area contributed by atoms with E-state index in [1.54, 1.807) is 11.2 Å². The fourth-order valence-electron chi connectivity index (χ4n) is 3.59. The van der Waals surface area contributed by atoms with Crippen LogP contribution in [0.5, 0.6) is 0 Å². The Morgan fingerprint density at radius 2 is 2.10 bits per heavy atom. The van der Waals surface area contributed by atoms with Gasteiger partial charge in [0.1, 0.15) is 12.1 Å². The second-order valence-electron chi connectivity index (χ2n) is 7.20. The second kappa shape index (κ2) is 12.1. The third-order valence-electron chi connectivity index (χ3n) is 5.16. The van der Waals surface area contributed by atoms with Crippen LogP contribution in [0.1, 0.15) is 38.4 Å². The van der Waals surface area contributed by atoms with Crippen molar-refractivity contribution in [2.24, 2.45) is 21.8 Å². The molecule has 0 aliphatic carbocycles. The smallest absolute Gasteiger partial charge is 0.280 e. The summed E-state index contributed by atoms with van der Waals surface area (Å²) in [6.07, 6.45) is 2.41. The first-order valence-electron chi connectivity index (χ1n) is 10.5. The Balaban J connectivity index is 0.00000166. The third-order valence-corrected chi connectivity index (χ3v) is 5.50. The van der Waals surface area contributed by atoms with Crippen LogP contribution in [0.15, 0.2) is 34.0 Å². The monoisotopic (exact) mass is 456 g/mol. The number of halogens is 3. The van der Waals surface area contributed by atoms with Crippen LogP contribution in [0.3, 0.4) is 0 Å². The highest BCUT2D eigenvalue weighted by Gasteiger charge is 2.36. The topological polar surface area (TPSA) is 85.1 Å². The molecule has 2 aliphatic heterocycles. The fraction of sp³-hybridized carbons (Fsp3) is 0.571. The second-order valence-corrected chi connectivity index (χ2v) is 7.61. The predicted molar refractivity (Wildman–Crippen MR) is 120 cm³/mol. The van der Waals surface area contributed by atoms with E-state index in [9.17, 15) is 8.78 Å². The Bertz CT molecular complexity index is 817. The number of rotatable bonds is 9. The first kappa shape index (κ1) is 25.2. The molecular weight excluding hydrogens is 426 g/mol. The zero-order valence-corrected chi connectivity index (χ0v) is 19.1. The molecule has 172 valence electrons. The number of aliphatic imine (C=N–C) groups is 2. The van der Waals surface area contributed by atoms with Crippen molar-refractivity contribution in [3.63, 3.8) is 0 Å². The SMILES string of the molecule is CC.Cc1cc(CC(C2=CC(C(F)F)=NC3N=CNN23)[C@H](C)CCNCO)c(Cl)cn1. The number of pyridine rings is 1. The van der Waals surface area contributed by atoms with Crippen molar-refractivity contribution >= 4 is 23.7 Å². The number of allylic oxidation sites excluding steroid dienone is 2. The van der Waals surface area contributed by atoms with Gasteiger partial charge in [-0.1, -0.05) is 32.4 Å². The highest BCUT2D eigenvalue weighted by molar-refractivity contribution is 6.31. The van der Waals surface area contributed by atoms with Gasteiger partial charge in [-0.15, -0.1) is 0 Å². The van der Waals surface area contributed by atoms with Crippen LogP contribution in [0.4, 0.5) is 8.78 Å². The van der Waals surface area contributed by atoms with E-state index in [0.717, 1.165) is 17.7 Å². The van der Waals surface area contributed by atoms with Crippen LogP contribution in [0, 0.1) is 18.8 Å². The number of aliphatic hydroxyl groups excluding tert-OH is 1. The van der Waals surface area contributed by atoms with Crippen LogP contribution < -0.4 is 10.7 Å². The van der Waals surface area contributed by atoms with Crippen LogP contribution in [0.25, 0.3) is 0 Å². The van der Waals surface area contributed by atoms with E-state index in [0.29, 0.717) is 23.7 Å². The van der Waals surface area contributed by atoms with E-state index in [-0.39, 0.29) is 24.3 Å². The molecule has 0 spiro atoms. The van der Waals surface area contributed by atoms with E-state index >= 15 is 0 Å². The van der Waals surface area contributed by atoms with Crippen LogP contribution in [0.2, 0.25) is 5.02 Å². The largest absolute Gasteiger partial charge is 0.381 e. The average molecular weight is 457 g/mol. The molecule has 0 saturated carbocycles. The maximum Gasteiger partial charge on any atom is 0.280 e. The number of fused-ring (bicyclic) bond motifs is 1. The van der Waals surface area contributed by atoms with Gasteiger partial charge in [0.05, 0.1) is 11.8 Å². The van der Waals surface area contributed by atoms with Gasteiger partial charge < -0.3 is 5.11 Å². The normalized spacial score (nSPS) is 19.1. The molecule has 2 unspecified atom stereocenters. The lowest BCUT2D eigenvalue weighted by atomic mass is 9.82. The number of hydrazine groups is 1. The van der Waals surface area contributed by atoms with E-state index < -0.39 is 12.7 Å². The summed E-state index contributed by atoms with van der Waals surface area (Å²) in [6.45, 7) is 8.44. The van der Waals surface area contributed by atoms with Crippen LogP contribution >= 0.6 is 11.6 Å². The van der Waals surface area contributed by atoms with E-state index in [4.69, 9.17) is 16.7 Å². The first-order chi connectivity index (χ1) is 14.9. The summed E-state index contributed by atoms with van der Waals surface area (Å²) in [5.74, 6) is -0.0272. The summed E-state index contributed by atoms with van der Waals surface area (Å²) < 4.78 is 26.9. The molecule has 7 nitrogen and oxygen atoms in total. The lowest BCUT2D eigenvalue weighted by Crippen LogP contribution is -2.44. The number of hydrogen-bond donors (Lipinski definition) is 3. The highest BCUT2D eigenvalue weighted by Crippen LogP contribution is 2.35. The standard InChI is InChI=1S/C19H25ClF2N6O.C2H6/c1-11(3-4-23-10-29)14(6-13-5-12(2)24-8-15(13)20)17-7-16(18(21)22)27-19-25-9-26-28(17)19;1-2/h5,7-9,11,14,18-19,23,29H,3-4,6,10H2,1-2H3,(H,25,26);1-2H3/t11-,14?,19?;/m1./s1. The summed E-state index contributed by atoms with van der Waals surface area (Å²) in [6, 6.07) is 1.92. The first-order valence-corrected chi connectivity index (χ1v) is 10.9. The minimum absolute atomic E-state index is 0.102. The number of aromatic nitrogens is 1. The molecule has 0 amide bonds. The van der Waals surface area contributed by atoms with Gasteiger partial charge in [0, 0.05) is 23.5 Å². The molecule has 0 fully saturated rings. The van der Waals surface area contributed by atoms with Crippen molar-refractivity contribution in [3.05, 3.63) is 40.3 Å². The number of nitrogens with zero attached hydrogens (tertiary/aromatic N) is 4. The van der Waals surface area contributed by atoms with E-state index in [1.165, 1.54) is 12.4 Å². The molecule has 0 bridgehead atoms. The van der Waals surface area contributed by atoms with Gasteiger partial charge in [0.2, 0.25) is 6.29 Å². The quantitative estimate of drug-likeness (QED) is 0.391. The number of aryl methyl sites for hydroxylation is 1. The molecule has 3 N–H and O–H groups in total. The van der Waals surface area contributed by atoms with Gasteiger partial charge in [-0.2, -0.15) is 0 Å². The van der Waals surface area contributed by atoms with Crippen LogP contribution in [-0.4, -0.2) is 53.1 Å². The van der Waals surface area contributed by atoms with Gasteiger partial charge >= 0.3 is 0 Å². The molecule has 1 aromatic heterocycles. The fourth-order valence-corrected chi connectivity index (χ4v) is 3.77. The van der Waals surface area contributed by atoms with Crippen molar-refractivity contribution < 1.29 is 13.9 Å². The molecule has 0 radical (unpaired) electrons. The van der Waals surface area contributed by atoms with Crippen molar-refractivity contribution in [1.82, 2.24) is 20.7 Å². The third kappa shape index (κ3) is 6.44. The van der Waals surface area contributed by atoms with Crippen molar-refractivity contribution in [1.29, 1.82) is 0 Å². The van der Waals surface area contributed by atoms with Crippen LogP contribution in [-0.2, 0) is 6.42 Å². The molecule has 1 aromatic rings. The number of nitrogens with one attached hydrogen (secondary N) is 2. The number of alkyl halides is 2. The minimum Gasteiger partial charge on any atom is -0.381 e. The summed E-state index contributed by atoms with van der Waals surface area (Å²) in [5, 5.41) is 14.2. The molecule has 3 rings (SSSR count). The Kier molecular flexibility index (Phi) is 9.80. The molecule has 0 saturated heterocycles. The van der Waals surface area contributed by atoms with E-state index in [2.05, 4.69) is 32.6 Å². The van der Waals surface area contributed by atoms with Crippen molar-refractivity contribution in [2.75, 3.05) is 13.3 Å². The summed E-state index contributed by atoms with van der Waals surface area (Å²) in [7, 11) is 0. The molecule has 0 aromatic carbocycles. The number of hydrogen-bond acceptors (Lipinski definition) is 7. The Morgan fingerprint density at radius 3 is 2.77 bits per heavy atom. The molecule has 3 atom stereocenters. The minimum atomic E-state index is -2.68.